The maximum absolute atomic E-state index is 12.3. The Morgan fingerprint density at radius 1 is 1.06 bits per heavy atom. The van der Waals surface area contributed by atoms with Crippen LogP contribution in [0.25, 0.3) is 21.7 Å². The SMILES string of the molecule is COn1c(=O)c2cc(Br)ccc2c2ccccc21. The summed E-state index contributed by atoms with van der Waals surface area (Å²) in [5, 5.41) is 2.58. The zero-order valence-corrected chi connectivity index (χ0v) is 11.3. The van der Waals surface area contributed by atoms with Crippen LogP contribution in [-0.2, 0) is 0 Å². The lowest BCUT2D eigenvalue weighted by atomic mass is 10.1. The average molecular weight is 304 g/mol. The molecule has 4 heteroatoms. The molecule has 2 aromatic carbocycles. The number of rotatable bonds is 1. The predicted octanol–water partition coefficient (Wildman–Crippen LogP) is 2.98. The van der Waals surface area contributed by atoms with Crippen LogP contribution in [0, 0.1) is 0 Å². The van der Waals surface area contributed by atoms with Crippen molar-refractivity contribution in [2.24, 2.45) is 0 Å². The van der Waals surface area contributed by atoms with Gasteiger partial charge in [-0.05, 0) is 23.6 Å². The normalized spacial score (nSPS) is 11.0. The number of fused-ring (bicyclic) bond motifs is 3. The van der Waals surface area contributed by atoms with E-state index < -0.39 is 0 Å². The fourth-order valence-corrected chi connectivity index (χ4v) is 2.57. The molecule has 1 heterocycles. The second-order valence-corrected chi connectivity index (χ2v) is 4.90. The zero-order valence-electron chi connectivity index (χ0n) is 9.68. The monoisotopic (exact) mass is 303 g/mol. The molecule has 90 valence electrons. The van der Waals surface area contributed by atoms with Crippen LogP contribution in [0.2, 0.25) is 0 Å². The summed E-state index contributed by atoms with van der Waals surface area (Å²) in [6.07, 6.45) is 0. The number of pyridine rings is 1. The zero-order chi connectivity index (χ0) is 12.7. The van der Waals surface area contributed by atoms with Crippen molar-refractivity contribution >= 4 is 37.6 Å². The van der Waals surface area contributed by atoms with E-state index in [1.807, 2.05) is 42.5 Å². The standard InChI is InChI=1S/C14H10BrNO2/c1-18-16-13-5-3-2-4-11(13)10-7-6-9(15)8-12(10)14(16)17/h2-8H,1H3. The minimum absolute atomic E-state index is 0.146. The Morgan fingerprint density at radius 2 is 1.83 bits per heavy atom. The molecule has 18 heavy (non-hydrogen) atoms. The summed E-state index contributed by atoms with van der Waals surface area (Å²) in [5.41, 5.74) is 0.632. The van der Waals surface area contributed by atoms with Gasteiger partial charge in [-0.1, -0.05) is 40.2 Å². The first-order valence-corrected chi connectivity index (χ1v) is 6.29. The van der Waals surface area contributed by atoms with Gasteiger partial charge in [-0.25, -0.2) is 0 Å². The molecule has 1 aromatic heterocycles. The van der Waals surface area contributed by atoms with Gasteiger partial charge in [0.1, 0.15) is 7.11 Å². The van der Waals surface area contributed by atoms with E-state index in [1.54, 1.807) is 0 Å². The third-order valence-electron chi connectivity index (χ3n) is 2.99. The van der Waals surface area contributed by atoms with Crippen LogP contribution in [0.3, 0.4) is 0 Å². The van der Waals surface area contributed by atoms with E-state index in [0.717, 1.165) is 20.8 Å². The van der Waals surface area contributed by atoms with Crippen LogP contribution in [0.5, 0.6) is 0 Å². The lowest BCUT2D eigenvalue weighted by molar-refractivity contribution is 0.170. The topological polar surface area (TPSA) is 31.2 Å². The molecule has 3 aromatic rings. The predicted molar refractivity (Wildman–Crippen MR) is 75.9 cm³/mol. The van der Waals surface area contributed by atoms with Crippen molar-refractivity contribution in [1.29, 1.82) is 0 Å². The van der Waals surface area contributed by atoms with E-state index in [1.165, 1.54) is 11.8 Å². The van der Waals surface area contributed by atoms with E-state index in [4.69, 9.17) is 4.84 Å². The van der Waals surface area contributed by atoms with Gasteiger partial charge in [0.05, 0.1) is 10.9 Å². The van der Waals surface area contributed by atoms with Crippen LogP contribution in [0.15, 0.2) is 51.7 Å². The number of benzene rings is 2. The molecule has 0 aliphatic rings. The van der Waals surface area contributed by atoms with E-state index in [-0.39, 0.29) is 5.56 Å². The van der Waals surface area contributed by atoms with Crippen LogP contribution < -0.4 is 10.4 Å². The molecule has 0 spiro atoms. The molecule has 0 aliphatic carbocycles. The lowest BCUT2D eigenvalue weighted by Gasteiger charge is -2.11. The number of halogens is 1. The molecule has 0 N–H and O–H groups in total. The van der Waals surface area contributed by atoms with Crippen molar-refractivity contribution in [3.8, 4) is 0 Å². The highest BCUT2D eigenvalue weighted by atomic mass is 79.9. The molecule has 3 nitrogen and oxygen atoms in total. The van der Waals surface area contributed by atoms with Gasteiger partial charge in [0.25, 0.3) is 5.56 Å². The summed E-state index contributed by atoms with van der Waals surface area (Å²) >= 11 is 3.39. The summed E-state index contributed by atoms with van der Waals surface area (Å²) in [6, 6.07) is 13.4. The van der Waals surface area contributed by atoms with Crippen LogP contribution in [-0.4, -0.2) is 11.8 Å². The Morgan fingerprint density at radius 3 is 2.61 bits per heavy atom. The number of para-hydroxylation sites is 1. The van der Waals surface area contributed by atoms with Gasteiger partial charge in [-0.15, -0.1) is 4.73 Å². The molecule has 0 bridgehead atoms. The third-order valence-corrected chi connectivity index (χ3v) is 3.49. The van der Waals surface area contributed by atoms with E-state index in [2.05, 4.69) is 15.9 Å². The van der Waals surface area contributed by atoms with Crippen molar-refractivity contribution in [3.05, 3.63) is 57.3 Å². The first kappa shape index (κ1) is 11.3. The molecule has 0 saturated carbocycles. The molecule has 0 saturated heterocycles. The summed E-state index contributed by atoms with van der Waals surface area (Å²) in [6.45, 7) is 0. The first-order valence-electron chi connectivity index (χ1n) is 5.50. The fraction of sp³-hybridized carbons (Fsp3) is 0.0714. The Kier molecular flexibility index (Phi) is 2.59. The maximum Gasteiger partial charge on any atom is 0.291 e. The third kappa shape index (κ3) is 1.53. The van der Waals surface area contributed by atoms with Crippen LogP contribution in [0.4, 0.5) is 0 Å². The van der Waals surface area contributed by atoms with E-state index >= 15 is 0 Å². The Labute approximate surface area is 112 Å². The van der Waals surface area contributed by atoms with Gasteiger partial charge >= 0.3 is 0 Å². The molecule has 0 fully saturated rings. The highest BCUT2D eigenvalue weighted by Crippen LogP contribution is 2.24. The van der Waals surface area contributed by atoms with Gasteiger partial charge in [-0.3, -0.25) is 4.79 Å². The summed E-state index contributed by atoms with van der Waals surface area (Å²) in [4.78, 5) is 17.5. The summed E-state index contributed by atoms with van der Waals surface area (Å²) in [5.74, 6) is 0. The van der Waals surface area contributed by atoms with Gasteiger partial charge in [-0.2, -0.15) is 0 Å². The molecular weight excluding hydrogens is 294 g/mol. The molecule has 0 radical (unpaired) electrons. The molecular formula is C14H10BrNO2. The maximum atomic E-state index is 12.3. The largest absolute Gasteiger partial charge is 0.413 e. The minimum Gasteiger partial charge on any atom is -0.413 e. The molecule has 0 aliphatic heterocycles. The number of hydrogen-bond acceptors (Lipinski definition) is 2. The van der Waals surface area contributed by atoms with E-state index in [0.29, 0.717) is 5.39 Å². The molecule has 0 unspecified atom stereocenters. The minimum atomic E-state index is -0.146. The second-order valence-electron chi connectivity index (χ2n) is 3.99. The Balaban J connectivity index is 2.66. The average Bonchev–Trinajstić information content (AvgIpc) is 2.39. The van der Waals surface area contributed by atoms with Crippen molar-refractivity contribution in [1.82, 2.24) is 4.73 Å². The number of nitrogens with zero attached hydrogens (tertiary/aromatic N) is 1. The number of aromatic nitrogens is 1. The van der Waals surface area contributed by atoms with Gasteiger partial charge < -0.3 is 4.84 Å². The van der Waals surface area contributed by atoms with Crippen LogP contribution in [0.1, 0.15) is 0 Å². The molecule has 0 atom stereocenters. The lowest BCUT2D eigenvalue weighted by Crippen LogP contribution is -2.25. The quantitative estimate of drug-likeness (QED) is 0.647. The van der Waals surface area contributed by atoms with Crippen molar-refractivity contribution < 1.29 is 4.84 Å². The fourth-order valence-electron chi connectivity index (χ4n) is 2.21. The molecule has 0 amide bonds. The van der Waals surface area contributed by atoms with Gasteiger partial charge in [0.2, 0.25) is 0 Å². The Bertz CT molecular complexity index is 808. The van der Waals surface area contributed by atoms with E-state index in [9.17, 15) is 4.79 Å². The highest BCUT2D eigenvalue weighted by Gasteiger charge is 2.10. The highest BCUT2D eigenvalue weighted by molar-refractivity contribution is 9.10. The smallest absolute Gasteiger partial charge is 0.291 e. The van der Waals surface area contributed by atoms with Crippen molar-refractivity contribution in [3.63, 3.8) is 0 Å². The summed E-state index contributed by atoms with van der Waals surface area (Å²) in [7, 11) is 1.50. The van der Waals surface area contributed by atoms with Crippen LogP contribution >= 0.6 is 15.9 Å². The first-order chi connectivity index (χ1) is 8.72. The van der Waals surface area contributed by atoms with Crippen molar-refractivity contribution in [2.45, 2.75) is 0 Å². The second kappa shape index (κ2) is 4.14. The Hall–Kier alpha value is -1.81. The van der Waals surface area contributed by atoms with Crippen molar-refractivity contribution in [2.75, 3.05) is 7.11 Å². The summed E-state index contributed by atoms with van der Waals surface area (Å²) < 4.78 is 2.20. The van der Waals surface area contributed by atoms with Gasteiger partial charge in [0, 0.05) is 9.86 Å². The molecule has 3 rings (SSSR count). The van der Waals surface area contributed by atoms with Gasteiger partial charge in [0.15, 0.2) is 0 Å². The number of hydrogen-bond donors (Lipinski definition) is 0.